The topological polar surface area (TPSA) is 36.1 Å². The van der Waals surface area contributed by atoms with Crippen LogP contribution in [0.3, 0.4) is 0 Å². The number of aromatic nitrogens is 1. The number of amides is 1. The van der Waals surface area contributed by atoms with Gasteiger partial charge in [0, 0.05) is 18.4 Å². The van der Waals surface area contributed by atoms with Crippen molar-refractivity contribution in [2.45, 2.75) is 31.5 Å². The maximum Gasteiger partial charge on any atom is 0.416 e. The Morgan fingerprint density at radius 2 is 2.09 bits per heavy atom. The first-order chi connectivity index (χ1) is 10.9. The van der Waals surface area contributed by atoms with Gasteiger partial charge in [0.05, 0.1) is 18.0 Å². The minimum Gasteiger partial charge on any atom is -0.363 e. The van der Waals surface area contributed by atoms with Gasteiger partial charge in [0.1, 0.15) is 0 Å². The lowest BCUT2D eigenvalue weighted by molar-refractivity contribution is -0.138. The van der Waals surface area contributed by atoms with Gasteiger partial charge >= 0.3 is 6.18 Å². The fraction of sp³-hybridized carbons (Fsp3) is 0.353. The van der Waals surface area contributed by atoms with E-state index in [0.29, 0.717) is 12.1 Å². The molecule has 1 aromatic carbocycles. The van der Waals surface area contributed by atoms with Crippen LogP contribution >= 0.6 is 0 Å². The van der Waals surface area contributed by atoms with Crippen molar-refractivity contribution < 1.29 is 18.0 Å². The van der Waals surface area contributed by atoms with Crippen molar-refractivity contribution in [2.75, 3.05) is 6.54 Å². The van der Waals surface area contributed by atoms with Crippen LogP contribution in [0.5, 0.6) is 0 Å². The number of H-pyrrole nitrogens is 1. The average Bonchev–Trinajstić information content (AvgIpc) is 3.17. The van der Waals surface area contributed by atoms with E-state index in [4.69, 9.17) is 0 Å². The van der Waals surface area contributed by atoms with Gasteiger partial charge in [-0.2, -0.15) is 13.2 Å². The Bertz CT molecular complexity index is 679. The molecule has 0 saturated carbocycles. The molecule has 23 heavy (non-hydrogen) atoms. The lowest BCUT2D eigenvalue weighted by atomic mass is 10.1. The van der Waals surface area contributed by atoms with Gasteiger partial charge in [0.15, 0.2) is 0 Å². The number of carbonyl (C=O) groups excluding carboxylic acids is 1. The summed E-state index contributed by atoms with van der Waals surface area (Å²) in [7, 11) is 0. The Kier molecular flexibility index (Phi) is 4.15. The van der Waals surface area contributed by atoms with Crippen LogP contribution in [0.2, 0.25) is 0 Å². The monoisotopic (exact) mass is 322 g/mol. The summed E-state index contributed by atoms with van der Waals surface area (Å²) in [5.74, 6) is -0.138. The molecule has 0 radical (unpaired) electrons. The van der Waals surface area contributed by atoms with Gasteiger partial charge in [-0.25, -0.2) is 0 Å². The molecular weight excluding hydrogens is 305 g/mol. The summed E-state index contributed by atoms with van der Waals surface area (Å²) >= 11 is 0. The molecule has 3 rings (SSSR count). The minimum absolute atomic E-state index is 0.0108. The summed E-state index contributed by atoms with van der Waals surface area (Å²) in [5.41, 5.74) is 0.645. The lowest BCUT2D eigenvalue weighted by Crippen LogP contribution is -2.32. The zero-order chi connectivity index (χ0) is 16.4. The van der Waals surface area contributed by atoms with E-state index in [0.717, 1.165) is 30.7 Å². The summed E-state index contributed by atoms with van der Waals surface area (Å²) in [6.07, 6.45) is -0.823. The van der Waals surface area contributed by atoms with E-state index in [-0.39, 0.29) is 18.4 Å². The predicted octanol–water partition coefficient (Wildman–Crippen LogP) is 3.94. The van der Waals surface area contributed by atoms with Crippen molar-refractivity contribution in [3.05, 3.63) is 59.4 Å². The van der Waals surface area contributed by atoms with Crippen LogP contribution in [0.15, 0.2) is 42.6 Å². The molecule has 1 saturated heterocycles. The van der Waals surface area contributed by atoms with Crippen molar-refractivity contribution in [3.63, 3.8) is 0 Å². The number of likely N-dealkylation sites (tertiary alicyclic amines) is 1. The second kappa shape index (κ2) is 6.10. The molecule has 2 heterocycles. The Hall–Kier alpha value is -2.24. The average molecular weight is 322 g/mol. The van der Waals surface area contributed by atoms with Gasteiger partial charge in [-0.3, -0.25) is 4.79 Å². The van der Waals surface area contributed by atoms with E-state index in [1.165, 1.54) is 6.07 Å². The molecule has 122 valence electrons. The summed E-state index contributed by atoms with van der Waals surface area (Å²) in [5, 5.41) is 0. The van der Waals surface area contributed by atoms with Gasteiger partial charge in [-0.05, 0) is 36.6 Å². The van der Waals surface area contributed by atoms with Gasteiger partial charge in [-0.15, -0.1) is 0 Å². The third-order valence-corrected chi connectivity index (χ3v) is 4.16. The van der Waals surface area contributed by atoms with Gasteiger partial charge in [0.25, 0.3) is 0 Å². The molecule has 6 heteroatoms. The van der Waals surface area contributed by atoms with E-state index in [1.54, 1.807) is 11.0 Å². The summed E-state index contributed by atoms with van der Waals surface area (Å²) in [6, 6.07) is 8.78. The molecule has 1 N–H and O–H groups in total. The third kappa shape index (κ3) is 3.41. The second-order valence-corrected chi connectivity index (χ2v) is 5.75. The first-order valence-corrected chi connectivity index (χ1v) is 7.54. The highest BCUT2D eigenvalue weighted by Gasteiger charge is 2.32. The number of carbonyl (C=O) groups is 1. The number of benzene rings is 1. The number of rotatable bonds is 3. The van der Waals surface area contributed by atoms with Crippen molar-refractivity contribution in [1.29, 1.82) is 0 Å². The van der Waals surface area contributed by atoms with E-state index in [2.05, 4.69) is 4.98 Å². The van der Waals surface area contributed by atoms with Crippen LogP contribution in [0.4, 0.5) is 13.2 Å². The minimum atomic E-state index is -4.39. The molecule has 1 atom stereocenters. The molecule has 1 unspecified atom stereocenters. The molecular formula is C17H17F3N2O. The summed E-state index contributed by atoms with van der Waals surface area (Å²) in [4.78, 5) is 17.4. The molecule has 1 amide bonds. The SMILES string of the molecule is O=C(Cc1cccc(C(F)(F)F)c1)N1CCCC1c1ccc[nH]1. The maximum atomic E-state index is 12.8. The number of nitrogens with zero attached hydrogens (tertiary/aromatic N) is 1. The van der Waals surface area contributed by atoms with Gasteiger partial charge in [-0.1, -0.05) is 18.2 Å². The van der Waals surface area contributed by atoms with Crippen molar-refractivity contribution >= 4 is 5.91 Å². The predicted molar refractivity (Wildman–Crippen MR) is 79.6 cm³/mol. The number of halogens is 3. The van der Waals surface area contributed by atoms with Crippen LogP contribution in [-0.2, 0) is 17.4 Å². The molecule has 1 aliphatic heterocycles. The second-order valence-electron chi connectivity index (χ2n) is 5.75. The highest BCUT2D eigenvalue weighted by atomic mass is 19.4. The third-order valence-electron chi connectivity index (χ3n) is 4.16. The maximum absolute atomic E-state index is 12.8. The van der Waals surface area contributed by atoms with Crippen LogP contribution in [0, 0.1) is 0 Å². The van der Waals surface area contributed by atoms with Crippen molar-refractivity contribution in [3.8, 4) is 0 Å². The van der Waals surface area contributed by atoms with E-state index in [9.17, 15) is 18.0 Å². The first kappa shape index (κ1) is 15.6. The standard InChI is InChI=1S/C17H17F3N2O/c18-17(19,20)13-5-1-4-12(10-13)11-16(23)22-9-3-7-15(22)14-6-2-8-21-14/h1-2,4-6,8,10,15,21H,3,7,9,11H2. The summed E-state index contributed by atoms with van der Waals surface area (Å²) < 4.78 is 38.3. The number of hydrogen-bond acceptors (Lipinski definition) is 1. The van der Waals surface area contributed by atoms with Crippen LogP contribution in [0.25, 0.3) is 0 Å². The van der Waals surface area contributed by atoms with Crippen molar-refractivity contribution in [1.82, 2.24) is 9.88 Å². The molecule has 0 bridgehead atoms. The normalized spacial score (nSPS) is 18.4. The molecule has 1 aliphatic rings. The molecule has 2 aromatic rings. The van der Waals surface area contributed by atoms with E-state index < -0.39 is 11.7 Å². The summed E-state index contributed by atoms with van der Waals surface area (Å²) in [6.45, 7) is 0.640. The Balaban J connectivity index is 1.74. The fourth-order valence-electron chi connectivity index (χ4n) is 3.07. The molecule has 0 spiro atoms. The highest BCUT2D eigenvalue weighted by molar-refractivity contribution is 5.79. The quantitative estimate of drug-likeness (QED) is 0.913. The lowest BCUT2D eigenvalue weighted by Gasteiger charge is -2.24. The molecule has 1 fully saturated rings. The number of aromatic amines is 1. The Labute approximate surface area is 132 Å². The highest BCUT2D eigenvalue weighted by Crippen LogP contribution is 2.32. The number of nitrogens with one attached hydrogen (secondary N) is 1. The van der Waals surface area contributed by atoms with Crippen LogP contribution in [0.1, 0.15) is 35.7 Å². The Morgan fingerprint density at radius 3 is 2.78 bits per heavy atom. The van der Waals surface area contributed by atoms with Gasteiger partial charge in [0.2, 0.25) is 5.91 Å². The zero-order valence-electron chi connectivity index (χ0n) is 12.4. The van der Waals surface area contributed by atoms with E-state index in [1.807, 2.05) is 18.3 Å². The Morgan fingerprint density at radius 1 is 1.26 bits per heavy atom. The molecule has 0 aliphatic carbocycles. The van der Waals surface area contributed by atoms with Crippen LogP contribution < -0.4 is 0 Å². The van der Waals surface area contributed by atoms with E-state index >= 15 is 0 Å². The molecule has 1 aromatic heterocycles. The van der Waals surface area contributed by atoms with Gasteiger partial charge < -0.3 is 9.88 Å². The number of hydrogen-bond donors (Lipinski definition) is 1. The zero-order valence-corrected chi connectivity index (χ0v) is 12.4. The van der Waals surface area contributed by atoms with Crippen LogP contribution in [-0.4, -0.2) is 22.3 Å². The first-order valence-electron chi connectivity index (χ1n) is 7.54. The van der Waals surface area contributed by atoms with Crippen molar-refractivity contribution in [2.24, 2.45) is 0 Å². The molecule has 3 nitrogen and oxygen atoms in total. The largest absolute Gasteiger partial charge is 0.416 e. The number of alkyl halides is 3. The fourth-order valence-corrected chi connectivity index (χ4v) is 3.07. The smallest absolute Gasteiger partial charge is 0.363 e.